The van der Waals surface area contributed by atoms with Crippen molar-refractivity contribution in [3.63, 3.8) is 0 Å². The Balaban J connectivity index is 2.02. The summed E-state index contributed by atoms with van der Waals surface area (Å²) in [6.45, 7) is 1.64. The van der Waals surface area contributed by atoms with Crippen LogP contribution >= 0.6 is 12.2 Å². The monoisotopic (exact) mass is 410 g/mol. The Labute approximate surface area is 171 Å². The van der Waals surface area contributed by atoms with Crippen LogP contribution in [-0.4, -0.2) is 39.0 Å². The molecule has 1 unspecified atom stereocenters. The Bertz CT molecular complexity index is 1240. The Kier molecular flexibility index (Phi) is 4.46. The number of hydrogen-bond acceptors (Lipinski definition) is 6. The predicted octanol–water partition coefficient (Wildman–Crippen LogP) is 1.76. The molecule has 1 atom stereocenters. The number of ether oxygens (including phenoxy) is 2. The number of fused-ring (bicyclic) bond motifs is 1. The van der Waals surface area contributed by atoms with Gasteiger partial charge in [0.15, 0.2) is 5.84 Å². The van der Waals surface area contributed by atoms with Gasteiger partial charge in [0, 0.05) is 5.56 Å². The van der Waals surface area contributed by atoms with E-state index in [1.165, 1.54) is 16.5 Å². The fourth-order valence-corrected chi connectivity index (χ4v) is 3.49. The molecule has 0 N–H and O–H groups in total. The van der Waals surface area contributed by atoms with Crippen LogP contribution in [0, 0.1) is 0 Å². The Morgan fingerprint density at radius 2 is 1.66 bits per heavy atom. The highest BCUT2D eigenvalue weighted by molar-refractivity contribution is 7.80. The van der Waals surface area contributed by atoms with E-state index in [2.05, 4.69) is 4.99 Å². The lowest BCUT2D eigenvalue weighted by Crippen LogP contribution is -2.43. The second-order valence-corrected chi connectivity index (χ2v) is 6.91. The number of aliphatic imine (C=N–C) groups is 1. The van der Waals surface area contributed by atoms with E-state index in [-0.39, 0.29) is 5.05 Å². The predicted molar refractivity (Wildman–Crippen MR) is 112 cm³/mol. The minimum absolute atomic E-state index is 0.0714. The molecule has 1 aliphatic rings. The van der Waals surface area contributed by atoms with Gasteiger partial charge < -0.3 is 9.47 Å². The molecule has 29 heavy (non-hydrogen) atoms. The molecule has 148 valence electrons. The summed E-state index contributed by atoms with van der Waals surface area (Å²) in [5.41, 5.74) is -1.37. The number of rotatable bonds is 4. The van der Waals surface area contributed by atoms with Gasteiger partial charge in [0.05, 0.1) is 19.9 Å². The average molecular weight is 410 g/mol. The van der Waals surface area contributed by atoms with Gasteiger partial charge in [0.25, 0.3) is 0 Å². The molecule has 0 radical (unpaired) electrons. The van der Waals surface area contributed by atoms with Crippen molar-refractivity contribution >= 4 is 23.1 Å². The van der Waals surface area contributed by atoms with Gasteiger partial charge in [-0.3, -0.25) is 0 Å². The summed E-state index contributed by atoms with van der Waals surface area (Å²) in [5, 5.41) is 0.0714. The third-order valence-corrected chi connectivity index (χ3v) is 5.37. The second kappa shape index (κ2) is 6.85. The first-order valence-electron chi connectivity index (χ1n) is 8.78. The van der Waals surface area contributed by atoms with E-state index in [4.69, 9.17) is 21.7 Å². The van der Waals surface area contributed by atoms with E-state index in [0.29, 0.717) is 22.8 Å². The number of hydrogen-bond donors (Lipinski definition) is 0. The Morgan fingerprint density at radius 3 is 2.24 bits per heavy atom. The molecule has 2 heterocycles. The van der Waals surface area contributed by atoms with Crippen molar-refractivity contribution in [2.45, 2.75) is 12.6 Å². The largest absolute Gasteiger partial charge is 0.497 e. The minimum Gasteiger partial charge on any atom is -0.497 e. The molecule has 8 nitrogen and oxygen atoms in total. The summed E-state index contributed by atoms with van der Waals surface area (Å²) < 4.78 is 14.0. The maximum Gasteiger partial charge on any atom is 0.358 e. The van der Waals surface area contributed by atoms with Crippen LogP contribution in [0.2, 0.25) is 0 Å². The number of aromatic nitrogens is 3. The highest BCUT2D eigenvalue weighted by Crippen LogP contribution is 2.27. The van der Waals surface area contributed by atoms with Crippen LogP contribution < -0.4 is 16.1 Å². The molecule has 9 heteroatoms. The first-order chi connectivity index (χ1) is 13.9. The molecule has 0 spiro atoms. The van der Waals surface area contributed by atoms with E-state index in [1.54, 1.807) is 62.6 Å². The lowest BCUT2D eigenvalue weighted by atomic mass is 10.2. The molecule has 0 aliphatic carbocycles. The quantitative estimate of drug-likeness (QED) is 0.613. The van der Waals surface area contributed by atoms with Gasteiger partial charge in [-0.1, -0.05) is 18.2 Å². The van der Waals surface area contributed by atoms with E-state index in [9.17, 15) is 9.59 Å². The average Bonchev–Trinajstić information content (AvgIpc) is 3.22. The molecule has 0 saturated carbocycles. The molecule has 0 bridgehead atoms. The maximum absolute atomic E-state index is 13.3. The molecule has 4 rings (SSSR count). The fourth-order valence-electron chi connectivity index (χ4n) is 3.36. The van der Waals surface area contributed by atoms with Crippen LogP contribution in [0.5, 0.6) is 5.75 Å². The molecule has 1 aromatic heterocycles. The van der Waals surface area contributed by atoms with Gasteiger partial charge in [-0.25, -0.2) is 19.1 Å². The van der Waals surface area contributed by atoms with Crippen LogP contribution in [0.25, 0.3) is 5.69 Å². The third kappa shape index (κ3) is 2.73. The summed E-state index contributed by atoms with van der Waals surface area (Å²) in [4.78, 5) is 31.2. The van der Waals surface area contributed by atoms with Gasteiger partial charge in [-0.2, -0.15) is 9.36 Å². The number of para-hydroxylation sites is 1. The van der Waals surface area contributed by atoms with Crippen molar-refractivity contribution in [3.8, 4) is 11.4 Å². The first-order valence-corrected chi connectivity index (χ1v) is 9.19. The van der Waals surface area contributed by atoms with Crippen LogP contribution in [0.1, 0.15) is 12.5 Å². The fraction of sp³-hybridized carbons (Fsp3) is 0.200. The molecule has 0 saturated heterocycles. The molecular formula is C20H18N4O4S. The van der Waals surface area contributed by atoms with Crippen LogP contribution in [-0.2, 0) is 10.4 Å². The summed E-state index contributed by atoms with van der Waals surface area (Å²) in [7, 11) is 2.98. The first kappa shape index (κ1) is 18.9. The number of benzene rings is 2. The number of methoxy groups -OCH3 is 2. The lowest BCUT2D eigenvalue weighted by Gasteiger charge is -2.21. The highest BCUT2D eigenvalue weighted by Gasteiger charge is 2.45. The van der Waals surface area contributed by atoms with Crippen molar-refractivity contribution in [2.24, 2.45) is 4.99 Å². The van der Waals surface area contributed by atoms with Crippen molar-refractivity contribution in [3.05, 3.63) is 81.1 Å². The van der Waals surface area contributed by atoms with Crippen molar-refractivity contribution in [1.82, 2.24) is 13.9 Å². The zero-order valence-electron chi connectivity index (χ0n) is 16.0. The highest BCUT2D eigenvalue weighted by atomic mass is 32.1. The number of nitrogens with zero attached hydrogens (tertiary/aromatic N) is 4. The molecule has 2 aromatic carbocycles. The van der Waals surface area contributed by atoms with E-state index in [1.807, 2.05) is 6.07 Å². The topological polar surface area (TPSA) is 79.8 Å². The Morgan fingerprint density at radius 1 is 1.00 bits per heavy atom. The molecule has 0 amide bonds. The van der Waals surface area contributed by atoms with Gasteiger partial charge >= 0.3 is 11.4 Å². The second-order valence-electron chi connectivity index (χ2n) is 6.54. The van der Waals surface area contributed by atoms with Gasteiger partial charge in [-0.05, 0) is 55.5 Å². The molecule has 1 aliphatic heterocycles. The molecular weight excluding hydrogens is 392 g/mol. The lowest BCUT2D eigenvalue weighted by molar-refractivity contribution is 0.308. The number of thiocarbonyl (C=S) groups is 1. The summed E-state index contributed by atoms with van der Waals surface area (Å²) >= 11 is 5.34. The van der Waals surface area contributed by atoms with E-state index >= 15 is 0 Å². The summed E-state index contributed by atoms with van der Waals surface area (Å²) in [5.74, 6) is 0.959. The maximum atomic E-state index is 13.3. The van der Waals surface area contributed by atoms with Crippen LogP contribution in [0.3, 0.4) is 0 Å². The van der Waals surface area contributed by atoms with Crippen LogP contribution in [0.15, 0.2) is 69.2 Å². The third-order valence-electron chi connectivity index (χ3n) is 4.82. The SMILES string of the molecule is COC(=S)C1(C)N=C(c2ccc(OC)cc2)n2c(=O)n(-c3ccccc3)c(=O)n21. The van der Waals surface area contributed by atoms with Crippen molar-refractivity contribution in [1.29, 1.82) is 0 Å². The van der Waals surface area contributed by atoms with Gasteiger partial charge in [-0.15, -0.1) is 0 Å². The zero-order valence-corrected chi connectivity index (χ0v) is 16.8. The van der Waals surface area contributed by atoms with Crippen LogP contribution in [0.4, 0.5) is 0 Å². The van der Waals surface area contributed by atoms with E-state index < -0.39 is 17.0 Å². The Hall–Kier alpha value is -3.46. The smallest absolute Gasteiger partial charge is 0.358 e. The molecule has 0 fully saturated rings. The zero-order chi connectivity index (χ0) is 20.8. The van der Waals surface area contributed by atoms with Gasteiger partial charge in [0.2, 0.25) is 10.7 Å². The van der Waals surface area contributed by atoms with Gasteiger partial charge in [0.1, 0.15) is 5.75 Å². The summed E-state index contributed by atoms with van der Waals surface area (Å²) in [6.07, 6.45) is 0. The van der Waals surface area contributed by atoms with Crippen molar-refractivity contribution in [2.75, 3.05) is 14.2 Å². The summed E-state index contributed by atoms with van der Waals surface area (Å²) in [6, 6.07) is 15.7. The van der Waals surface area contributed by atoms with Crippen molar-refractivity contribution < 1.29 is 9.47 Å². The minimum atomic E-state index is -1.35. The molecule has 3 aromatic rings. The van der Waals surface area contributed by atoms with E-state index in [0.717, 1.165) is 4.57 Å². The normalized spacial score (nSPS) is 17.6. The standard InChI is InChI=1S/C20H18N4O4S/c1-20(17(29)28-3)21-16(13-9-11-15(27-2)12-10-13)23-18(25)22(19(26)24(20)23)14-7-5-4-6-8-14/h4-12H,1-3H3.